The summed E-state index contributed by atoms with van der Waals surface area (Å²) in [6, 6.07) is 6.07. The van der Waals surface area contributed by atoms with Crippen molar-refractivity contribution in [3.63, 3.8) is 0 Å². The van der Waals surface area contributed by atoms with Gasteiger partial charge in [-0.05, 0) is 51.0 Å². The summed E-state index contributed by atoms with van der Waals surface area (Å²) in [5.74, 6) is -0.450. The zero-order chi connectivity index (χ0) is 18.6. The minimum Gasteiger partial charge on any atom is -0.388 e. The number of rotatable bonds is 7. The molecule has 1 aromatic heterocycles. The highest BCUT2D eigenvalue weighted by Gasteiger charge is 2.23. The molecule has 0 unspecified atom stereocenters. The number of nitrogens with one attached hydrogen (secondary N) is 1. The Labute approximate surface area is 147 Å². The normalized spacial score (nSPS) is 11.6. The first-order valence-electron chi connectivity index (χ1n) is 8.59. The van der Waals surface area contributed by atoms with Crippen LogP contribution in [0.25, 0.3) is 5.69 Å². The lowest BCUT2D eigenvalue weighted by Gasteiger charge is -2.25. The molecule has 0 saturated heterocycles. The summed E-state index contributed by atoms with van der Waals surface area (Å²) in [5, 5.41) is 17.5. The Morgan fingerprint density at radius 3 is 2.40 bits per heavy atom. The van der Waals surface area contributed by atoms with Crippen molar-refractivity contribution >= 4 is 5.91 Å². The summed E-state index contributed by atoms with van der Waals surface area (Å²) in [7, 11) is 0. The van der Waals surface area contributed by atoms with Crippen LogP contribution in [0.5, 0.6) is 0 Å². The molecule has 136 valence electrons. The third-order valence-electron chi connectivity index (χ3n) is 4.78. The van der Waals surface area contributed by atoms with Crippen molar-refractivity contribution in [3.8, 4) is 5.69 Å². The van der Waals surface area contributed by atoms with Crippen LogP contribution >= 0.6 is 0 Å². The van der Waals surface area contributed by atoms with Crippen LogP contribution in [0.1, 0.15) is 43.6 Å². The topological polar surface area (TPSA) is 67.2 Å². The molecule has 0 fully saturated rings. The van der Waals surface area contributed by atoms with Crippen molar-refractivity contribution in [3.05, 3.63) is 47.0 Å². The number of hydrogen-bond donors (Lipinski definition) is 2. The van der Waals surface area contributed by atoms with Crippen molar-refractivity contribution in [1.29, 1.82) is 0 Å². The number of aryl methyl sites for hydroxylation is 1. The lowest BCUT2D eigenvalue weighted by atomic mass is 9.97. The van der Waals surface area contributed by atoms with Gasteiger partial charge in [-0.15, -0.1) is 0 Å². The molecule has 0 saturated carbocycles. The minimum absolute atomic E-state index is 0.148. The number of benzene rings is 1. The molecule has 0 bridgehead atoms. The Balaban J connectivity index is 2.13. The number of amides is 1. The van der Waals surface area contributed by atoms with Crippen LogP contribution in [-0.2, 0) is 11.2 Å². The fraction of sp³-hybridized carbons (Fsp3) is 0.474. The van der Waals surface area contributed by atoms with E-state index < -0.39 is 5.60 Å². The highest BCUT2D eigenvalue weighted by molar-refractivity contribution is 5.79. The third-order valence-corrected chi connectivity index (χ3v) is 4.78. The first kappa shape index (κ1) is 19.1. The number of hydrogen-bond acceptors (Lipinski definition) is 3. The van der Waals surface area contributed by atoms with Crippen LogP contribution in [0.4, 0.5) is 4.39 Å². The first-order valence-corrected chi connectivity index (χ1v) is 8.59. The third kappa shape index (κ3) is 4.45. The molecular weight excluding hydrogens is 321 g/mol. The van der Waals surface area contributed by atoms with Gasteiger partial charge in [0.1, 0.15) is 5.82 Å². The number of halogens is 1. The molecule has 0 aliphatic rings. The maximum absolute atomic E-state index is 13.1. The van der Waals surface area contributed by atoms with Gasteiger partial charge in [-0.25, -0.2) is 9.07 Å². The van der Waals surface area contributed by atoms with Crippen LogP contribution in [0.3, 0.4) is 0 Å². The summed E-state index contributed by atoms with van der Waals surface area (Å²) in [5.41, 5.74) is 2.34. The molecule has 2 aromatic rings. The van der Waals surface area contributed by atoms with Gasteiger partial charge < -0.3 is 10.4 Å². The fourth-order valence-corrected chi connectivity index (χ4v) is 2.75. The van der Waals surface area contributed by atoms with Crippen LogP contribution in [0.2, 0.25) is 0 Å². The number of carbonyl (C=O) groups is 1. The van der Waals surface area contributed by atoms with Crippen LogP contribution in [0, 0.1) is 19.7 Å². The molecular formula is C19H26FN3O2. The Morgan fingerprint density at radius 1 is 1.24 bits per heavy atom. The monoisotopic (exact) mass is 347 g/mol. The Hall–Kier alpha value is -2.21. The Kier molecular flexibility index (Phi) is 5.95. The summed E-state index contributed by atoms with van der Waals surface area (Å²) in [6.45, 7) is 7.78. The van der Waals surface area contributed by atoms with Gasteiger partial charge in [-0.1, -0.05) is 13.8 Å². The quantitative estimate of drug-likeness (QED) is 0.809. The van der Waals surface area contributed by atoms with Gasteiger partial charge in [0.2, 0.25) is 5.91 Å². The van der Waals surface area contributed by atoms with Gasteiger partial charge in [0, 0.05) is 17.8 Å². The summed E-state index contributed by atoms with van der Waals surface area (Å²) in [4.78, 5) is 12.3. The molecule has 2 rings (SSSR count). The molecule has 2 N–H and O–H groups in total. The van der Waals surface area contributed by atoms with Crippen molar-refractivity contribution in [2.75, 3.05) is 6.54 Å². The van der Waals surface area contributed by atoms with E-state index in [4.69, 9.17) is 0 Å². The molecule has 1 aromatic carbocycles. The molecule has 1 amide bonds. The zero-order valence-electron chi connectivity index (χ0n) is 15.3. The minimum atomic E-state index is -0.863. The standard InChI is InChI=1S/C19H26FN3O2/c1-5-19(25,6-2)12-21-18(24)11-17-13(3)22-23(14(17)4)16-9-7-15(20)8-10-16/h7-10,25H,5-6,11-12H2,1-4H3,(H,21,24). The van der Waals surface area contributed by atoms with Crippen LogP contribution in [0.15, 0.2) is 24.3 Å². The van der Waals surface area contributed by atoms with Crippen molar-refractivity contribution in [2.24, 2.45) is 0 Å². The summed E-state index contributed by atoms with van der Waals surface area (Å²) < 4.78 is 14.8. The van der Waals surface area contributed by atoms with E-state index in [0.717, 1.165) is 22.6 Å². The highest BCUT2D eigenvalue weighted by Crippen LogP contribution is 2.19. The van der Waals surface area contributed by atoms with Gasteiger partial charge in [0.15, 0.2) is 0 Å². The van der Waals surface area contributed by atoms with E-state index in [2.05, 4.69) is 10.4 Å². The highest BCUT2D eigenvalue weighted by atomic mass is 19.1. The molecule has 0 radical (unpaired) electrons. The van der Waals surface area contributed by atoms with Gasteiger partial charge in [0.05, 0.1) is 23.4 Å². The molecule has 0 aliphatic heterocycles. The van der Waals surface area contributed by atoms with E-state index in [1.54, 1.807) is 16.8 Å². The lowest BCUT2D eigenvalue weighted by molar-refractivity contribution is -0.121. The largest absolute Gasteiger partial charge is 0.388 e. The van der Waals surface area contributed by atoms with Gasteiger partial charge in [-0.3, -0.25) is 4.79 Å². The van der Waals surface area contributed by atoms with Gasteiger partial charge in [-0.2, -0.15) is 5.10 Å². The SMILES string of the molecule is CCC(O)(CC)CNC(=O)Cc1c(C)nn(-c2ccc(F)cc2)c1C. The van der Waals surface area contributed by atoms with Gasteiger partial charge >= 0.3 is 0 Å². The smallest absolute Gasteiger partial charge is 0.224 e. The molecule has 25 heavy (non-hydrogen) atoms. The van der Waals surface area contributed by atoms with E-state index in [1.807, 2.05) is 27.7 Å². The number of carbonyl (C=O) groups excluding carboxylic acids is 1. The molecule has 1 heterocycles. The number of nitrogens with zero attached hydrogens (tertiary/aromatic N) is 2. The second-order valence-corrected chi connectivity index (χ2v) is 6.42. The Morgan fingerprint density at radius 2 is 1.84 bits per heavy atom. The summed E-state index contributed by atoms with van der Waals surface area (Å²) >= 11 is 0. The second kappa shape index (κ2) is 7.78. The zero-order valence-corrected chi connectivity index (χ0v) is 15.3. The maximum atomic E-state index is 13.1. The second-order valence-electron chi connectivity index (χ2n) is 6.42. The average molecular weight is 347 g/mol. The number of aliphatic hydroxyl groups is 1. The lowest BCUT2D eigenvalue weighted by Crippen LogP contribution is -2.42. The van der Waals surface area contributed by atoms with Crippen LogP contribution < -0.4 is 5.32 Å². The fourth-order valence-electron chi connectivity index (χ4n) is 2.75. The molecule has 0 spiro atoms. The van der Waals surface area contributed by atoms with Crippen molar-refractivity contribution in [1.82, 2.24) is 15.1 Å². The van der Waals surface area contributed by atoms with E-state index in [-0.39, 0.29) is 24.7 Å². The van der Waals surface area contributed by atoms with Crippen molar-refractivity contribution in [2.45, 2.75) is 52.6 Å². The first-order chi connectivity index (χ1) is 11.8. The predicted octanol–water partition coefficient (Wildman–Crippen LogP) is 2.84. The van der Waals surface area contributed by atoms with Crippen LogP contribution in [-0.4, -0.2) is 32.9 Å². The molecule has 0 atom stereocenters. The maximum Gasteiger partial charge on any atom is 0.224 e. The Bertz CT molecular complexity index is 734. The molecule has 5 nitrogen and oxygen atoms in total. The van der Waals surface area contributed by atoms with E-state index >= 15 is 0 Å². The average Bonchev–Trinajstić information content (AvgIpc) is 2.88. The predicted molar refractivity (Wildman–Crippen MR) is 95.2 cm³/mol. The summed E-state index contributed by atoms with van der Waals surface area (Å²) in [6.07, 6.45) is 1.37. The molecule has 0 aliphatic carbocycles. The van der Waals surface area contributed by atoms with E-state index in [0.29, 0.717) is 12.8 Å². The van der Waals surface area contributed by atoms with E-state index in [1.165, 1.54) is 12.1 Å². The van der Waals surface area contributed by atoms with Crippen molar-refractivity contribution < 1.29 is 14.3 Å². The van der Waals surface area contributed by atoms with E-state index in [9.17, 15) is 14.3 Å². The number of aromatic nitrogens is 2. The molecule has 6 heteroatoms. The van der Waals surface area contributed by atoms with Gasteiger partial charge in [0.25, 0.3) is 0 Å².